The van der Waals surface area contributed by atoms with E-state index in [-0.39, 0.29) is 39.1 Å². The van der Waals surface area contributed by atoms with E-state index in [2.05, 4.69) is 27.7 Å². The maximum Gasteiger partial charge on any atom is 0.407 e. The van der Waals surface area contributed by atoms with Gasteiger partial charge in [-0.05, 0) is 33.9 Å². The minimum atomic E-state index is -4.79. The van der Waals surface area contributed by atoms with Crippen molar-refractivity contribution in [3.8, 4) is 0 Å². The van der Waals surface area contributed by atoms with Gasteiger partial charge in [-0.15, -0.1) is 0 Å². The summed E-state index contributed by atoms with van der Waals surface area (Å²) in [5, 5.41) is 14.6. The summed E-state index contributed by atoms with van der Waals surface area (Å²) in [6, 6.07) is 32.8. The normalized spacial score (nSPS) is 11.8. The molecule has 0 unspecified atom stereocenters. The van der Waals surface area contributed by atoms with E-state index in [0.717, 1.165) is 16.7 Å². The molecule has 0 spiro atoms. The maximum absolute atomic E-state index is 12.2. The number of aliphatic imine (C=N–C) groups is 1. The van der Waals surface area contributed by atoms with Crippen molar-refractivity contribution >= 4 is 86.0 Å². The molecular weight excluding hydrogens is 1030 g/mol. The zero-order chi connectivity index (χ0) is 53.5. The molecule has 0 aliphatic heterocycles. The molecular formula is C42H46BClF3N4O17P2S-. The number of ether oxygens (including phenoxy) is 4. The van der Waals surface area contributed by atoms with Crippen molar-refractivity contribution in [2.24, 2.45) is 10.7 Å². The summed E-state index contributed by atoms with van der Waals surface area (Å²) < 4.78 is 74.6. The minimum absolute atomic E-state index is 0.000928. The van der Waals surface area contributed by atoms with Crippen molar-refractivity contribution < 1.29 is 94.7 Å². The van der Waals surface area contributed by atoms with Crippen molar-refractivity contribution in [1.82, 2.24) is 10.6 Å². The maximum atomic E-state index is 12.2. The van der Waals surface area contributed by atoms with Gasteiger partial charge in [-0.2, -0.15) is 0 Å². The Balaban J connectivity index is 0.000000530. The van der Waals surface area contributed by atoms with Crippen LogP contribution in [0.5, 0.6) is 0 Å². The first-order valence-electron chi connectivity index (χ1n) is 19.9. The first-order chi connectivity index (χ1) is 33.3. The third kappa shape index (κ3) is 33.1. The molecule has 4 aromatic carbocycles. The number of nitrogens with one attached hydrogen (secondary N) is 2. The predicted octanol–water partition coefficient (Wildman–Crippen LogP) is 3.13. The molecule has 0 heterocycles. The van der Waals surface area contributed by atoms with Crippen LogP contribution in [0.1, 0.15) is 22.3 Å². The fourth-order valence-corrected chi connectivity index (χ4v) is 6.11. The molecule has 71 heavy (non-hydrogen) atoms. The number of halogens is 4. The van der Waals surface area contributed by atoms with Gasteiger partial charge in [0.2, 0.25) is 11.1 Å². The molecule has 0 aromatic heterocycles. The molecule has 384 valence electrons. The number of amides is 2. The van der Waals surface area contributed by atoms with E-state index in [1.807, 2.05) is 42.5 Å². The van der Waals surface area contributed by atoms with Crippen LogP contribution in [-0.2, 0) is 78.5 Å². The zero-order valence-electron chi connectivity index (χ0n) is 36.9. The van der Waals surface area contributed by atoms with Crippen LogP contribution < -0.4 is 21.5 Å². The van der Waals surface area contributed by atoms with E-state index in [1.165, 1.54) is 0 Å². The molecule has 0 aliphatic carbocycles. The van der Waals surface area contributed by atoms with E-state index in [4.69, 9.17) is 46.1 Å². The summed E-state index contributed by atoms with van der Waals surface area (Å²) in [6.07, 6.45) is -8.02. The molecule has 0 radical (unpaired) electrons. The predicted molar refractivity (Wildman–Crippen MR) is 250 cm³/mol. The SMILES string of the molecule is N[C@@H](CP(=O)(O)O)C(=O)OCc1ccccc1.O=C(B=S)C(F)(F)F.O=C(CNC(=O)OCc1ccccc1)N[C@@H](CP(=O)(O)O)C(=O)OCc1ccccc1.O=C(Cl)CN=C([O-])OCc1ccccc1. The number of nitrogens with zero attached hydrogens (tertiary/aromatic N) is 1. The fraction of sp³-hybridized carbons (Fsp3) is 0.262. The van der Waals surface area contributed by atoms with Crippen LogP contribution in [0.15, 0.2) is 126 Å². The molecule has 0 fully saturated rings. The molecule has 0 saturated heterocycles. The van der Waals surface area contributed by atoms with Crippen molar-refractivity contribution in [3.05, 3.63) is 144 Å². The van der Waals surface area contributed by atoms with Crippen molar-refractivity contribution in [2.45, 2.75) is 44.7 Å². The first-order valence-corrected chi connectivity index (χ1v) is 24.3. The van der Waals surface area contributed by atoms with Gasteiger partial charge < -0.3 is 60.0 Å². The van der Waals surface area contributed by atoms with Crippen molar-refractivity contribution in [3.63, 3.8) is 0 Å². The van der Waals surface area contributed by atoms with Gasteiger partial charge >= 0.3 is 81.3 Å². The Bertz CT molecular complexity index is 2430. The van der Waals surface area contributed by atoms with Crippen LogP contribution in [0.3, 0.4) is 0 Å². The smallest absolute Gasteiger partial charge is 0.407 e. The quantitative estimate of drug-likeness (QED) is 0.0127. The number of rotatable bonds is 20. The molecule has 29 heteroatoms. The number of hydrogen-bond donors (Lipinski definition) is 7. The first kappa shape index (κ1) is 62.8. The van der Waals surface area contributed by atoms with Gasteiger partial charge in [0.1, 0.15) is 51.1 Å². The number of carbonyl (C=O) groups is 6. The molecule has 8 N–H and O–H groups in total. The summed E-state index contributed by atoms with van der Waals surface area (Å²) in [5.74, 6) is -2.67. The number of nitrogens with two attached hydrogens (primary N) is 1. The van der Waals surface area contributed by atoms with Crippen molar-refractivity contribution in [1.29, 1.82) is 0 Å². The standard InChI is InChI=1S/C20H23N2O8P.C10H10ClNO3.C10H14NO5P.C2BF3OS/c23-18(11-21-20(25)30-13-16-9-5-2-6-10-16)22-17(14-31(26,27)28)19(24)29-12-15-7-3-1-4-8-15;11-9(13)6-12-10(14)15-7-8-4-2-1-3-5-8;11-9(7-17(13,14)15)10(12)16-6-8-4-2-1-3-5-8;4-2(5,6)1(7)3-8/h1-10,17H,11-14H2,(H,21,25)(H,22,23)(H2,26,27,28);1-5H,6-7H2,(H,12,14);1-5,9H,6-7,11H2,(H2,13,14,15);/p-1/t17-;;9-;/m0.0./s1. The molecule has 4 aromatic rings. The van der Waals surface area contributed by atoms with Crippen molar-refractivity contribution in [2.75, 3.05) is 25.4 Å². The summed E-state index contributed by atoms with van der Waals surface area (Å²) in [7, 11) is -8.94. The van der Waals surface area contributed by atoms with Gasteiger partial charge in [0, 0.05) is 6.61 Å². The molecule has 2 atom stereocenters. The van der Waals surface area contributed by atoms with Crippen LogP contribution in [-0.4, -0.2) is 110 Å². The third-order valence-electron chi connectivity index (χ3n) is 7.76. The van der Waals surface area contributed by atoms with E-state index in [0.29, 0.717) is 5.56 Å². The van der Waals surface area contributed by atoms with Gasteiger partial charge in [-0.25, -0.2) is 9.59 Å². The molecule has 4 rings (SSSR count). The Hall–Kier alpha value is -6.21. The van der Waals surface area contributed by atoms with Crippen LogP contribution in [0.25, 0.3) is 0 Å². The van der Waals surface area contributed by atoms with Gasteiger partial charge in [-0.3, -0.25) is 28.5 Å². The Morgan fingerprint density at radius 3 is 1.41 bits per heavy atom. The fourth-order valence-electron chi connectivity index (χ4n) is 4.54. The molecule has 2 amide bonds. The number of carbonyl (C=O) groups excluding carboxylic acids is 6. The summed E-state index contributed by atoms with van der Waals surface area (Å²) >= 11 is 8.73. The Morgan fingerprint density at radius 2 is 1.06 bits per heavy atom. The van der Waals surface area contributed by atoms with Crippen LogP contribution >= 0.6 is 38.8 Å². The second-order valence-corrected chi connectivity index (χ2v) is 17.8. The van der Waals surface area contributed by atoms with E-state index >= 15 is 0 Å². The molecule has 21 nitrogen and oxygen atoms in total. The number of alkyl halides is 3. The largest absolute Gasteiger partial charge is 0.596 e. The van der Waals surface area contributed by atoms with E-state index in [9.17, 15) is 66.0 Å². The second-order valence-electron chi connectivity index (χ2n) is 13.7. The summed E-state index contributed by atoms with van der Waals surface area (Å²) in [5.41, 5.74) is 6.38. The van der Waals surface area contributed by atoms with E-state index in [1.54, 1.807) is 78.9 Å². The van der Waals surface area contributed by atoms with Gasteiger partial charge in [-0.1, -0.05) is 121 Å². The second kappa shape index (κ2) is 33.4. The Kier molecular flexibility index (Phi) is 29.5. The number of hydrogen-bond acceptors (Lipinski definition) is 16. The summed E-state index contributed by atoms with van der Waals surface area (Å²) in [6.45, 7) is -0.862. The molecule has 0 saturated carbocycles. The number of esters is 2. The Labute approximate surface area is 414 Å². The average Bonchev–Trinajstić information content (AvgIpc) is 3.32. The Morgan fingerprint density at radius 1 is 0.676 bits per heavy atom. The number of alkyl carbamates (subject to hydrolysis) is 1. The van der Waals surface area contributed by atoms with Gasteiger partial charge in [0.15, 0.2) is 0 Å². The van der Waals surface area contributed by atoms with Crippen LogP contribution in [0.2, 0.25) is 0 Å². The average molecular weight is 1080 g/mol. The van der Waals surface area contributed by atoms with Gasteiger partial charge in [0.05, 0.1) is 12.3 Å². The monoisotopic (exact) mass is 1080 g/mol. The third-order valence-corrected chi connectivity index (χ3v) is 9.80. The zero-order valence-corrected chi connectivity index (χ0v) is 40.2. The summed E-state index contributed by atoms with van der Waals surface area (Å²) in [4.78, 5) is 106. The van der Waals surface area contributed by atoms with Crippen LogP contribution in [0.4, 0.5) is 18.0 Å². The molecule has 0 aliphatic rings. The molecule has 0 bridgehead atoms. The number of benzene rings is 4. The minimum Gasteiger partial charge on any atom is -0.596 e. The van der Waals surface area contributed by atoms with Crippen LogP contribution in [0, 0.1) is 0 Å². The topological polar surface area (TPSA) is 340 Å². The van der Waals surface area contributed by atoms with E-state index < -0.39 is 93.3 Å². The van der Waals surface area contributed by atoms with Gasteiger partial charge in [0.25, 0.3) is 0 Å².